The maximum Gasteiger partial charge on any atom is 0.512 e. The molecule has 0 bridgehead atoms. The van der Waals surface area contributed by atoms with Crippen molar-refractivity contribution in [2.24, 2.45) is 0 Å². The van der Waals surface area contributed by atoms with Crippen LogP contribution in [0, 0.1) is 13.8 Å². The molecule has 0 aliphatic carbocycles. The van der Waals surface area contributed by atoms with Crippen molar-refractivity contribution in [1.82, 2.24) is 5.09 Å². The average molecular weight is 387 g/mol. The number of nitrogens with one attached hydrogen (secondary N) is 1. The summed E-state index contributed by atoms with van der Waals surface area (Å²) in [5.41, 5.74) is 3.98. The molecule has 146 valence electrons. The molecule has 27 heavy (non-hydrogen) atoms. The Kier molecular flexibility index (Phi) is 4.95. The summed E-state index contributed by atoms with van der Waals surface area (Å²) in [6.45, 7) is 15.2. The molecule has 4 nitrogen and oxygen atoms in total. The van der Waals surface area contributed by atoms with E-state index in [2.05, 4.69) is 51.8 Å². The molecule has 0 amide bonds. The number of benzene rings is 2. The van der Waals surface area contributed by atoms with Crippen LogP contribution in [0.4, 0.5) is 0 Å². The average Bonchev–Trinajstić information content (AvgIpc) is 2.64. The second-order valence-corrected chi connectivity index (χ2v) is 10.8. The van der Waals surface area contributed by atoms with Crippen LogP contribution in [0.15, 0.2) is 36.4 Å². The Morgan fingerprint density at radius 3 is 2.37 bits per heavy atom. The first kappa shape index (κ1) is 20.0. The number of aryl methyl sites for hydroxylation is 2. The van der Waals surface area contributed by atoms with Crippen molar-refractivity contribution in [3.05, 3.63) is 58.7 Å². The summed E-state index contributed by atoms with van der Waals surface area (Å²) >= 11 is 0. The Morgan fingerprint density at radius 2 is 1.70 bits per heavy atom. The van der Waals surface area contributed by atoms with E-state index in [0.29, 0.717) is 18.0 Å². The van der Waals surface area contributed by atoms with Gasteiger partial charge in [0.25, 0.3) is 0 Å². The van der Waals surface area contributed by atoms with Crippen molar-refractivity contribution in [1.29, 1.82) is 0 Å². The van der Waals surface area contributed by atoms with Crippen LogP contribution in [0.5, 0.6) is 11.5 Å². The fraction of sp³-hybridized carbons (Fsp3) is 0.455. The standard InChI is InChI=1S/C22H30NO3P/c1-15-8-10-19(17(12-15)21(3,4)5)25-27(24)23-14-22(6,7)18-13-16(2)9-11-20(18)26-27/h8-13H,14H2,1-7H3,(H,23,24). The van der Waals surface area contributed by atoms with Gasteiger partial charge >= 0.3 is 7.75 Å². The molecule has 0 fully saturated rings. The highest BCUT2D eigenvalue weighted by Gasteiger charge is 2.39. The molecule has 1 aliphatic heterocycles. The summed E-state index contributed by atoms with van der Waals surface area (Å²) in [4.78, 5) is 0. The van der Waals surface area contributed by atoms with Crippen LogP contribution in [0.2, 0.25) is 0 Å². The predicted octanol–water partition coefficient (Wildman–Crippen LogP) is 6.05. The van der Waals surface area contributed by atoms with E-state index in [-0.39, 0.29) is 10.8 Å². The molecule has 1 aliphatic rings. The molecular formula is C22H30NO3P. The van der Waals surface area contributed by atoms with Crippen LogP contribution in [0.3, 0.4) is 0 Å². The van der Waals surface area contributed by atoms with Gasteiger partial charge in [-0.3, -0.25) is 0 Å². The number of hydrogen-bond donors (Lipinski definition) is 1. The van der Waals surface area contributed by atoms with E-state index in [4.69, 9.17) is 9.05 Å². The Balaban J connectivity index is 2.02. The fourth-order valence-electron chi connectivity index (χ4n) is 3.29. The highest BCUT2D eigenvalue weighted by atomic mass is 31.2. The largest absolute Gasteiger partial charge is 0.512 e. The third-order valence-electron chi connectivity index (χ3n) is 4.96. The summed E-state index contributed by atoms with van der Waals surface area (Å²) in [7, 11) is -3.57. The van der Waals surface area contributed by atoms with Crippen LogP contribution in [-0.2, 0) is 15.4 Å². The van der Waals surface area contributed by atoms with Gasteiger partial charge in [-0.15, -0.1) is 0 Å². The van der Waals surface area contributed by atoms with E-state index >= 15 is 0 Å². The van der Waals surface area contributed by atoms with E-state index in [1.165, 1.54) is 0 Å². The van der Waals surface area contributed by atoms with Gasteiger partial charge in [-0.2, -0.15) is 0 Å². The van der Waals surface area contributed by atoms with Gasteiger partial charge in [0, 0.05) is 23.1 Å². The van der Waals surface area contributed by atoms with E-state index in [9.17, 15) is 4.57 Å². The molecule has 0 aromatic heterocycles. The lowest BCUT2D eigenvalue weighted by atomic mass is 9.83. The molecule has 0 saturated heterocycles. The lowest BCUT2D eigenvalue weighted by Crippen LogP contribution is -2.30. The third-order valence-corrected chi connectivity index (χ3v) is 6.38. The summed E-state index contributed by atoms with van der Waals surface area (Å²) in [5, 5.41) is 3.07. The molecule has 1 atom stereocenters. The Labute approximate surface area is 162 Å². The van der Waals surface area contributed by atoms with Gasteiger partial charge in [-0.25, -0.2) is 9.65 Å². The van der Waals surface area contributed by atoms with Crippen molar-refractivity contribution in [2.45, 2.75) is 59.3 Å². The first-order valence-corrected chi connectivity index (χ1v) is 10.9. The zero-order valence-corrected chi connectivity index (χ0v) is 18.2. The number of hydrogen-bond acceptors (Lipinski definition) is 3. The normalized spacial score (nSPS) is 21.7. The second-order valence-electron chi connectivity index (χ2n) is 9.15. The molecular weight excluding hydrogens is 357 g/mol. The van der Waals surface area contributed by atoms with Crippen molar-refractivity contribution in [2.75, 3.05) is 6.54 Å². The summed E-state index contributed by atoms with van der Waals surface area (Å²) in [5.74, 6) is 1.21. The van der Waals surface area contributed by atoms with Crippen molar-refractivity contribution >= 4 is 7.75 Å². The minimum absolute atomic E-state index is 0.138. The molecule has 0 saturated carbocycles. The van der Waals surface area contributed by atoms with Gasteiger partial charge in [0.2, 0.25) is 0 Å². The van der Waals surface area contributed by atoms with Crippen molar-refractivity contribution in [3.63, 3.8) is 0 Å². The van der Waals surface area contributed by atoms with Crippen molar-refractivity contribution < 1.29 is 13.6 Å². The minimum Gasteiger partial charge on any atom is -0.404 e. The molecule has 0 radical (unpaired) electrons. The molecule has 1 heterocycles. The monoisotopic (exact) mass is 387 g/mol. The minimum atomic E-state index is -3.57. The lowest BCUT2D eigenvalue weighted by Gasteiger charge is -2.26. The smallest absolute Gasteiger partial charge is 0.404 e. The lowest BCUT2D eigenvalue weighted by molar-refractivity contribution is 0.369. The SMILES string of the molecule is Cc1ccc(OP2(=O)NCC(C)(C)c3cc(C)ccc3O2)c(C(C)(C)C)c1. The number of rotatable bonds is 2. The molecule has 2 aromatic carbocycles. The van der Waals surface area contributed by atoms with Crippen LogP contribution >= 0.6 is 7.75 Å². The summed E-state index contributed by atoms with van der Waals surface area (Å²) in [6, 6.07) is 11.9. The first-order valence-electron chi connectivity index (χ1n) is 9.36. The van der Waals surface area contributed by atoms with E-state index in [1.54, 1.807) is 0 Å². The predicted molar refractivity (Wildman–Crippen MR) is 111 cm³/mol. The zero-order chi connectivity index (χ0) is 20.0. The molecule has 5 heteroatoms. The van der Waals surface area contributed by atoms with Crippen LogP contribution in [0.1, 0.15) is 56.9 Å². The topological polar surface area (TPSA) is 47.6 Å². The fourth-order valence-corrected chi connectivity index (χ4v) is 4.89. The van der Waals surface area contributed by atoms with E-state index in [0.717, 1.165) is 22.3 Å². The van der Waals surface area contributed by atoms with Crippen LogP contribution in [-0.4, -0.2) is 6.54 Å². The van der Waals surface area contributed by atoms with Crippen LogP contribution in [0.25, 0.3) is 0 Å². The van der Waals surface area contributed by atoms with Gasteiger partial charge in [-0.05, 0) is 31.4 Å². The molecule has 3 rings (SSSR count). The maximum absolute atomic E-state index is 13.6. The van der Waals surface area contributed by atoms with Gasteiger partial charge in [0.1, 0.15) is 11.5 Å². The van der Waals surface area contributed by atoms with Gasteiger partial charge in [-0.1, -0.05) is 70.0 Å². The molecule has 1 N–H and O–H groups in total. The molecule has 0 spiro atoms. The zero-order valence-electron chi connectivity index (χ0n) is 17.3. The third kappa shape index (κ3) is 4.23. The molecule has 1 unspecified atom stereocenters. The Bertz CT molecular complexity index is 912. The van der Waals surface area contributed by atoms with E-state index in [1.807, 2.05) is 38.1 Å². The second kappa shape index (κ2) is 6.68. The van der Waals surface area contributed by atoms with Gasteiger partial charge < -0.3 is 9.05 Å². The van der Waals surface area contributed by atoms with E-state index < -0.39 is 7.75 Å². The van der Waals surface area contributed by atoms with Gasteiger partial charge in [0.15, 0.2) is 0 Å². The van der Waals surface area contributed by atoms with Crippen molar-refractivity contribution in [3.8, 4) is 11.5 Å². The van der Waals surface area contributed by atoms with Crippen LogP contribution < -0.4 is 14.1 Å². The molecule has 2 aromatic rings. The van der Waals surface area contributed by atoms with Gasteiger partial charge in [0.05, 0.1) is 0 Å². The maximum atomic E-state index is 13.6. The highest BCUT2D eigenvalue weighted by molar-refractivity contribution is 7.52. The Morgan fingerprint density at radius 1 is 1.07 bits per heavy atom. The number of fused-ring (bicyclic) bond motifs is 1. The first-order chi connectivity index (χ1) is 12.4. The Hall–Kier alpha value is -1.77. The highest BCUT2D eigenvalue weighted by Crippen LogP contribution is 2.51. The quantitative estimate of drug-likeness (QED) is 0.638. The summed E-state index contributed by atoms with van der Waals surface area (Å²) in [6.07, 6.45) is 0. The summed E-state index contributed by atoms with van der Waals surface area (Å²) < 4.78 is 25.6.